The Morgan fingerprint density at radius 3 is 2.26 bits per heavy atom. The number of hydrogen-bond donors (Lipinski definition) is 1. The topological polar surface area (TPSA) is 58.4 Å². The molecule has 0 radical (unpaired) electrons. The van der Waals surface area contributed by atoms with E-state index in [9.17, 15) is 10.1 Å². The summed E-state index contributed by atoms with van der Waals surface area (Å²) in [4.78, 5) is 12.8. The van der Waals surface area contributed by atoms with Crippen molar-refractivity contribution >= 4 is 11.4 Å². The number of nitrogens with one attached hydrogen (secondary N) is 1. The Morgan fingerprint density at radius 1 is 0.913 bits per heavy atom. The number of non-ortho nitro benzene ring substituents is 1. The summed E-state index contributed by atoms with van der Waals surface area (Å²) < 4.78 is 0. The van der Waals surface area contributed by atoms with Crippen molar-refractivity contribution in [3.8, 4) is 0 Å². The summed E-state index contributed by atoms with van der Waals surface area (Å²) in [5.41, 5.74) is 1.27. The minimum absolute atomic E-state index is 0.167. The first-order chi connectivity index (χ1) is 11.2. The molecule has 5 nitrogen and oxygen atoms in total. The van der Waals surface area contributed by atoms with Crippen LogP contribution in [0.2, 0.25) is 0 Å². The average Bonchev–Trinajstić information content (AvgIpc) is 2.81. The molecule has 5 heteroatoms. The number of nitro benzene ring substituents is 1. The van der Waals surface area contributed by atoms with Gasteiger partial charge in [0.25, 0.3) is 5.69 Å². The maximum Gasteiger partial charge on any atom is 0.269 e. The van der Waals surface area contributed by atoms with Gasteiger partial charge in [-0.15, -0.1) is 0 Å². The van der Waals surface area contributed by atoms with Gasteiger partial charge < -0.3 is 10.2 Å². The average molecular weight is 317 g/mol. The quantitative estimate of drug-likeness (QED) is 0.676. The zero-order valence-electron chi connectivity index (χ0n) is 13.7. The highest BCUT2D eigenvalue weighted by atomic mass is 16.6. The standard InChI is InChI=1S/C18H27N3O2/c22-21(23)18-10-8-17(9-11-18)20-13-4-7-16(12-14-20)19-15-5-2-1-3-6-15/h8-11,15-16,19H,1-7,12-14H2. The predicted molar refractivity (Wildman–Crippen MR) is 93.0 cm³/mol. The molecule has 1 aliphatic carbocycles. The Labute approximate surface area is 138 Å². The first-order valence-corrected chi connectivity index (χ1v) is 8.98. The lowest BCUT2D eigenvalue weighted by atomic mass is 9.94. The number of hydrogen-bond acceptors (Lipinski definition) is 4. The van der Waals surface area contributed by atoms with Gasteiger partial charge >= 0.3 is 0 Å². The molecule has 1 aliphatic heterocycles. The predicted octanol–water partition coefficient (Wildman–Crippen LogP) is 3.88. The van der Waals surface area contributed by atoms with E-state index in [2.05, 4.69) is 10.2 Å². The highest BCUT2D eigenvalue weighted by Gasteiger charge is 2.21. The van der Waals surface area contributed by atoms with Gasteiger partial charge in [0, 0.05) is 43.0 Å². The summed E-state index contributed by atoms with van der Waals surface area (Å²) in [6.45, 7) is 2.07. The molecule has 0 spiro atoms. The molecule has 1 aromatic rings. The summed E-state index contributed by atoms with van der Waals surface area (Å²) in [6.07, 6.45) is 10.4. The van der Waals surface area contributed by atoms with Crippen molar-refractivity contribution in [3.63, 3.8) is 0 Å². The maximum absolute atomic E-state index is 10.8. The normalized spacial score (nSPS) is 23.5. The highest BCUT2D eigenvalue weighted by molar-refractivity contribution is 5.50. The lowest BCUT2D eigenvalue weighted by Gasteiger charge is -2.28. The Morgan fingerprint density at radius 2 is 1.57 bits per heavy atom. The summed E-state index contributed by atoms with van der Waals surface area (Å²) >= 11 is 0. The van der Waals surface area contributed by atoms with E-state index in [4.69, 9.17) is 0 Å². The van der Waals surface area contributed by atoms with Crippen LogP contribution in [0.5, 0.6) is 0 Å². The number of nitro groups is 1. The number of benzene rings is 1. The second-order valence-corrected chi connectivity index (χ2v) is 6.89. The van der Waals surface area contributed by atoms with Gasteiger partial charge in [0.05, 0.1) is 4.92 Å². The van der Waals surface area contributed by atoms with Gasteiger partial charge in [-0.3, -0.25) is 10.1 Å². The van der Waals surface area contributed by atoms with E-state index in [0.29, 0.717) is 6.04 Å². The van der Waals surface area contributed by atoms with E-state index in [0.717, 1.165) is 31.2 Å². The van der Waals surface area contributed by atoms with Crippen LogP contribution in [-0.4, -0.2) is 30.1 Å². The van der Waals surface area contributed by atoms with Crippen molar-refractivity contribution in [1.82, 2.24) is 5.32 Å². The third-order valence-corrected chi connectivity index (χ3v) is 5.23. The van der Waals surface area contributed by atoms with Crippen molar-refractivity contribution in [2.75, 3.05) is 18.0 Å². The molecule has 1 N–H and O–H groups in total. The lowest BCUT2D eigenvalue weighted by Crippen LogP contribution is -2.40. The fraction of sp³-hybridized carbons (Fsp3) is 0.667. The summed E-state index contributed by atoms with van der Waals surface area (Å²) in [7, 11) is 0. The summed E-state index contributed by atoms with van der Waals surface area (Å²) in [6, 6.07) is 8.33. The second-order valence-electron chi connectivity index (χ2n) is 6.89. The Bertz CT molecular complexity index is 512. The van der Waals surface area contributed by atoms with E-state index in [1.165, 1.54) is 44.9 Å². The Hall–Kier alpha value is -1.62. The van der Waals surface area contributed by atoms with Crippen LogP contribution < -0.4 is 10.2 Å². The molecule has 1 heterocycles. The first kappa shape index (κ1) is 16.2. The highest BCUT2D eigenvalue weighted by Crippen LogP contribution is 2.24. The number of rotatable bonds is 4. The van der Waals surface area contributed by atoms with Gasteiger partial charge in [-0.05, 0) is 44.2 Å². The third kappa shape index (κ3) is 4.44. The van der Waals surface area contributed by atoms with Crippen molar-refractivity contribution in [3.05, 3.63) is 34.4 Å². The largest absolute Gasteiger partial charge is 0.371 e. The minimum Gasteiger partial charge on any atom is -0.371 e. The van der Waals surface area contributed by atoms with Crippen LogP contribution in [0.15, 0.2) is 24.3 Å². The van der Waals surface area contributed by atoms with Crippen LogP contribution in [0, 0.1) is 10.1 Å². The molecule has 0 amide bonds. The summed E-state index contributed by atoms with van der Waals surface area (Å²) in [5, 5.41) is 14.6. The first-order valence-electron chi connectivity index (χ1n) is 8.98. The molecule has 126 valence electrons. The minimum atomic E-state index is -0.337. The molecule has 2 fully saturated rings. The molecule has 1 saturated heterocycles. The molecule has 0 aromatic heterocycles. The van der Waals surface area contributed by atoms with Crippen molar-refractivity contribution < 1.29 is 4.92 Å². The monoisotopic (exact) mass is 317 g/mol. The number of nitrogens with zero attached hydrogens (tertiary/aromatic N) is 2. The van der Waals surface area contributed by atoms with E-state index in [1.807, 2.05) is 12.1 Å². The van der Waals surface area contributed by atoms with Gasteiger partial charge in [0.1, 0.15) is 0 Å². The van der Waals surface area contributed by atoms with Gasteiger partial charge in [-0.25, -0.2) is 0 Å². The van der Waals surface area contributed by atoms with Crippen molar-refractivity contribution in [1.29, 1.82) is 0 Å². The van der Waals surface area contributed by atoms with Crippen LogP contribution in [-0.2, 0) is 0 Å². The molecule has 3 rings (SSSR count). The van der Waals surface area contributed by atoms with Crippen LogP contribution >= 0.6 is 0 Å². The SMILES string of the molecule is O=[N+]([O-])c1ccc(N2CCCC(NC3CCCCC3)CC2)cc1. The Kier molecular flexibility index (Phi) is 5.49. The Balaban J connectivity index is 1.54. The molecule has 1 aromatic carbocycles. The second kappa shape index (κ2) is 7.77. The molecule has 2 aliphatic rings. The van der Waals surface area contributed by atoms with E-state index >= 15 is 0 Å². The van der Waals surface area contributed by atoms with E-state index in [-0.39, 0.29) is 10.6 Å². The number of anilines is 1. The fourth-order valence-corrected chi connectivity index (χ4v) is 3.91. The van der Waals surface area contributed by atoms with E-state index in [1.54, 1.807) is 12.1 Å². The summed E-state index contributed by atoms with van der Waals surface area (Å²) in [5.74, 6) is 0. The zero-order chi connectivity index (χ0) is 16.1. The van der Waals surface area contributed by atoms with Crippen molar-refractivity contribution in [2.24, 2.45) is 0 Å². The smallest absolute Gasteiger partial charge is 0.269 e. The van der Waals surface area contributed by atoms with Crippen LogP contribution in [0.3, 0.4) is 0 Å². The van der Waals surface area contributed by atoms with Crippen LogP contribution in [0.25, 0.3) is 0 Å². The molecular weight excluding hydrogens is 290 g/mol. The van der Waals surface area contributed by atoms with Gasteiger partial charge in [0.2, 0.25) is 0 Å². The van der Waals surface area contributed by atoms with Crippen LogP contribution in [0.1, 0.15) is 51.4 Å². The molecule has 23 heavy (non-hydrogen) atoms. The molecular formula is C18H27N3O2. The molecule has 0 bridgehead atoms. The van der Waals surface area contributed by atoms with E-state index < -0.39 is 0 Å². The third-order valence-electron chi connectivity index (χ3n) is 5.23. The van der Waals surface area contributed by atoms with Gasteiger partial charge in [-0.1, -0.05) is 19.3 Å². The van der Waals surface area contributed by atoms with Crippen LogP contribution in [0.4, 0.5) is 11.4 Å². The molecule has 1 saturated carbocycles. The zero-order valence-corrected chi connectivity index (χ0v) is 13.7. The van der Waals surface area contributed by atoms with Gasteiger partial charge in [-0.2, -0.15) is 0 Å². The molecule has 1 unspecified atom stereocenters. The van der Waals surface area contributed by atoms with Crippen molar-refractivity contribution in [2.45, 2.75) is 63.5 Å². The maximum atomic E-state index is 10.8. The molecule has 1 atom stereocenters. The lowest BCUT2D eigenvalue weighted by molar-refractivity contribution is -0.384. The fourth-order valence-electron chi connectivity index (χ4n) is 3.91. The van der Waals surface area contributed by atoms with Gasteiger partial charge in [0.15, 0.2) is 0 Å².